The minimum Gasteiger partial charge on any atom is -0.438 e. The lowest BCUT2D eigenvalue weighted by Crippen LogP contribution is -2.45. The molecule has 1 amide bonds. The molecule has 1 aromatic heterocycles. The molecule has 1 saturated heterocycles. The van der Waals surface area contributed by atoms with E-state index < -0.39 is 11.7 Å². The molecule has 6 nitrogen and oxygen atoms in total. The fourth-order valence-electron chi connectivity index (χ4n) is 3.76. The van der Waals surface area contributed by atoms with Gasteiger partial charge in [0.2, 0.25) is 5.88 Å². The van der Waals surface area contributed by atoms with E-state index in [0.29, 0.717) is 5.75 Å². The summed E-state index contributed by atoms with van der Waals surface area (Å²) in [6.45, 7) is 5.59. The van der Waals surface area contributed by atoms with Crippen molar-refractivity contribution in [2.75, 3.05) is 39.8 Å². The van der Waals surface area contributed by atoms with Crippen LogP contribution in [0.4, 0.5) is 4.39 Å². The number of piperazine rings is 1. The third-order valence-electron chi connectivity index (χ3n) is 5.73. The lowest BCUT2D eigenvalue weighted by molar-refractivity contribution is 0.0997. The predicted octanol–water partition coefficient (Wildman–Crippen LogP) is 3.57. The number of halogens is 1. The van der Waals surface area contributed by atoms with Gasteiger partial charge in [-0.3, -0.25) is 4.79 Å². The van der Waals surface area contributed by atoms with E-state index >= 15 is 0 Å². The maximum atomic E-state index is 13.4. The van der Waals surface area contributed by atoms with Gasteiger partial charge in [-0.25, -0.2) is 9.37 Å². The van der Waals surface area contributed by atoms with Crippen molar-refractivity contribution in [2.45, 2.75) is 6.42 Å². The number of carbonyl (C=O) groups excluding carboxylic acids is 1. The molecular formula is C25H27FN4O2. The minimum absolute atomic E-state index is 0.0182. The highest BCUT2D eigenvalue weighted by Gasteiger charge is 2.15. The topological polar surface area (TPSA) is 71.7 Å². The lowest BCUT2D eigenvalue weighted by Gasteiger charge is -2.32. The minimum atomic E-state index is -0.796. The van der Waals surface area contributed by atoms with E-state index in [-0.39, 0.29) is 11.4 Å². The van der Waals surface area contributed by atoms with E-state index in [4.69, 9.17) is 10.5 Å². The first-order valence-corrected chi connectivity index (χ1v) is 10.7. The number of hydrogen-bond donors (Lipinski definition) is 1. The Balaban J connectivity index is 1.43. The van der Waals surface area contributed by atoms with Crippen LogP contribution in [0.25, 0.3) is 11.1 Å². The van der Waals surface area contributed by atoms with Gasteiger partial charge < -0.3 is 20.3 Å². The number of carbonyl (C=O) groups is 1. The molecule has 166 valence electrons. The molecule has 0 bridgehead atoms. The first kappa shape index (κ1) is 21.9. The second-order valence-electron chi connectivity index (χ2n) is 8.09. The summed E-state index contributed by atoms with van der Waals surface area (Å²) in [5, 5.41) is 0. The molecule has 2 N–H and O–H groups in total. The molecular weight excluding hydrogens is 407 g/mol. The first-order valence-electron chi connectivity index (χ1n) is 10.7. The number of ether oxygens (including phenoxy) is 1. The largest absolute Gasteiger partial charge is 0.438 e. The molecule has 0 unspecified atom stereocenters. The maximum absolute atomic E-state index is 13.4. The average Bonchev–Trinajstić information content (AvgIpc) is 2.80. The van der Waals surface area contributed by atoms with E-state index in [1.54, 1.807) is 6.07 Å². The van der Waals surface area contributed by atoms with Crippen molar-refractivity contribution < 1.29 is 13.9 Å². The number of rotatable bonds is 7. The second kappa shape index (κ2) is 9.89. The van der Waals surface area contributed by atoms with Crippen molar-refractivity contribution in [3.63, 3.8) is 0 Å². The van der Waals surface area contributed by atoms with Crippen LogP contribution in [0.15, 0.2) is 60.8 Å². The number of benzene rings is 2. The second-order valence-corrected chi connectivity index (χ2v) is 8.09. The molecule has 7 heteroatoms. The van der Waals surface area contributed by atoms with Crippen molar-refractivity contribution in [1.82, 2.24) is 14.8 Å². The van der Waals surface area contributed by atoms with Crippen LogP contribution in [-0.2, 0) is 6.42 Å². The Morgan fingerprint density at radius 2 is 1.81 bits per heavy atom. The van der Waals surface area contributed by atoms with Crippen LogP contribution in [0.1, 0.15) is 15.9 Å². The summed E-state index contributed by atoms with van der Waals surface area (Å²) in [5.74, 6) is -0.971. The Hall–Kier alpha value is -3.29. The van der Waals surface area contributed by atoms with Gasteiger partial charge in [-0.05, 0) is 48.4 Å². The number of likely N-dealkylation sites (N-methyl/N-ethyl adjacent to an activating group) is 1. The molecule has 1 fully saturated rings. The van der Waals surface area contributed by atoms with E-state index in [9.17, 15) is 9.18 Å². The van der Waals surface area contributed by atoms with Crippen molar-refractivity contribution in [3.8, 4) is 22.8 Å². The summed E-state index contributed by atoms with van der Waals surface area (Å²) in [4.78, 5) is 20.3. The highest BCUT2D eigenvalue weighted by Crippen LogP contribution is 2.28. The van der Waals surface area contributed by atoms with E-state index in [2.05, 4.69) is 46.1 Å². The maximum Gasteiger partial charge on any atom is 0.254 e. The Bertz CT molecular complexity index is 1080. The standard InChI is InChI=1S/C25H27FN4O2/c1-29-11-13-30(14-12-29)10-9-18-5-7-19(8-6-18)20-3-2-4-22(15-20)32-25-23(24(27)31)16-21(26)17-28-25/h2-8,15-17H,9-14H2,1H3,(H2,27,31). The SMILES string of the molecule is CN1CCN(CCc2ccc(-c3cccc(Oc4ncc(F)cc4C(N)=O)c3)cc2)CC1. The molecule has 2 heterocycles. The number of pyridine rings is 1. The van der Waals surface area contributed by atoms with Gasteiger partial charge in [-0.1, -0.05) is 36.4 Å². The highest BCUT2D eigenvalue weighted by molar-refractivity contribution is 5.95. The van der Waals surface area contributed by atoms with E-state index in [1.165, 1.54) is 5.56 Å². The average molecular weight is 435 g/mol. The summed E-state index contributed by atoms with van der Waals surface area (Å²) in [5.41, 5.74) is 8.55. The molecule has 0 spiro atoms. The van der Waals surface area contributed by atoms with Gasteiger partial charge in [0, 0.05) is 32.7 Å². The fraction of sp³-hybridized carbons (Fsp3) is 0.280. The van der Waals surface area contributed by atoms with Crippen LogP contribution < -0.4 is 10.5 Å². The molecule has 2 aromatic carbocycles. The molecule has 0 atom stereocenters. The fourth-order valence-corrected chi connectivity index (χ4v) is 3.76. The summed E-state index contributed by atoms with van der Waals surface area (Å²) in [7, 11) is 2.17. The molecule has 32 heavy (non-hydrogen) atoms. The predicted molar refractivity (Wildman–Crippen MR) is 122 cm³/mol. The number of aromatic nitrogens is 1. The first-order chi connectivity index (χ1) is 15.5. The zero-order valence-electron chi connectivity index (χ0n) is 18.1. The molecule has 1 aliphatic heterocycles. The lowest BCUT2D eigenvalue weighted by atomic mass is 10.0. The van der Waals surface area contributed by atoms with Gasteiger partial charge in [-0.2, -0.15) is 0 Å². The van der Waals surface area contributed by atoms with Crippen molar-refractivity contribution >= 4 is 5.91 Å². The zero-order chi connectivity index (χ0) is 22.5. The van der Waals surface area contributed by atoms with Crippen LogP contribution in [0.5, 0.6) is 11.6 Å². The van der Waals surface area contributed by atoms with Crippen LogP contribution in [-0.4, -0.2) is 60.5 Å². The summed E-state index contributed by atoms with van der Waals surface area (Å²) in [6, 6.07) is 17.0. The molecule has 4 rings (SSSR count). The Morgan fingerprint density at radius 3 is 2.53 bits per heavy atom. The quantitative estimate of drug-likeness (QED) is 0.616. The summed E-state index contributed by atoms with van der Waals surface area (Å²) in [6.07, 6.45) is 2.02. The van der Waals surface area contributed by atoms with Crippen LogP contribution in [0.3, 0.4) is 0 Å². The van der Waals surface area contributed by atoms with E-state index in [1.807, 2.05) is 18.2 Å². The Kier molecular flexibility index (Phi) is 6.78. The van der Waals surface area contributed by atoms with Gasteiger partial charge in [0.15, 0.2) is 0 Å². The number of primary amides is 1. The van der Waals surface area contributed by atoms with Crippen molar-refractivity contribution in [1.29, 1.82) is 0 Å². The van der Waals surface area contributed by atoms with Crippen LogP contribution in [0.2, 0.25) is 0 Å². The van der Waals surface area contributed by atoms with Gasteiger partial charge in [0.05, 0.1) is 6.20 Å². The molecule has 1 aliphatic rings. The van der Waals surface area contributed by atoms with Crippen LogP contribution >= 0.6 is 0 Å². The molecule has 0 aliphatic carbocycles. The summed E-state index contributed by atoms with van der Waals surface area (Å²) < 4.78 is 19.1. The molecule has 3 aromatic rings. The molecule has 0 radical (unpaired) electrons. The Labute approximate surface area is 187 Å². The van der Waals surface area contributed by atoms with Gasteiger partial charge >= 0.3 is 0 Å². The monoisotopic (exact) mass is 434 g/mol. The molecule has 0 saturated carbocycles. The third-order valence-corrected chi connectivity index (χ3v) is 5.73. The van der Waals surface area contributed by atoms with Gasteiger partial charge in [0.1, 0.15) is 17.1 Å². The normalized spacial score (nSPS) is 14.9. The Morgan fingerprint density at radius 1 is 1.06 bits per heavy atom. The van der Waals surface area contributed by atoms with Gasteiger partial charge in [0.25, 0.3) is 5.91 Å². The zero-order valence-corrected chi connectivity index (χ0v) is 18.1. The van der Waals surface area contributed by atoms with Gasteiger partial charge in [-0.15, -0.1) is 0 Å². The number of amides is 1. The number of hydrogen-bond acceptors (Lipinski definition) is 5. The number of nitrogens with zero attached hydrogens (tertiary/aromatic N) is 3. The third kappa shape index (κ3) is 5.49. The highest BCUT2D eigenvalue weighted by atomic mass is 19.1. The van der Waals surface area contributed by atoms with Crippen LogP contribution in [0, 0.1) is 5.82 Å². The van der Waals surface area contributed by atoms with Crippen molar-refractivity contribution in [3.05, 3.63) is 77.7 Å². The van der Waals surface area contributed by atoms with E-state index in [0.717, 1.165) is 62.5 Å². The number of nitrogens with two attached hydrogens (primary N) is 1. The summed E-state index contributed by atoms with van der Waals surface area (Å²) >= 11 is 0. The smallest absolute Gasteiger partial charge is 0.254 e. The van der Waals surface area contributed by atoms with Crippen molar-refractivity contribution in [2.24, 2.45) is 5.73 Å².